The molecule has 0 N–H and O–H groups in total. The van der Waals surface area contributed by atoms with E-state index < -0.39 is 0 Å². The standard InChI is InChI=1S/C23H31NO/c1-5-6-7-8-15-24-16-21-10-13-23(14-11-21)25-17-22-12-9-18(2)19(3)20(22)4/h9-14,16H,5-8,15,17H2,1-4H3/b24-16+. The Kier molecular flexibility index (Phi) is 7.72. The van der Waals surface area contributed by atoms with Crippen molar-refractivity contribution in [2.24, 2.45) is 4.99 Å². The fourth-order valence-corrected chi connectivity index (χ4v) is 2.78. The smallest absolute Gasteiger partial charge is 0.119 e. The van der Waals surface area contributed by atoms with Crippen molar-refractivity contribution >= 4 is 6.21 Å². The van der Waals surface area contributed by atoms with E-state index in [4.69, 9.17) is 4.74 Å². The molecule has 0 fully saturated rings. The molecule has 2 heteroatoms. The minimum absolute atomic E-state index is 0.609. The van der Waals surface area contributed by atoms with E-state index in [0.717, 1.165) is 17.9 Å². The summed E-state index contributed by atoms with van der Waals surface area (Å²) >= 11 is 0. The van der Waals surface area contributed by atoms with E-state index in [-0.39, 0.29) is 0 Å². The summed E-state index contributed by atoms with van der Waals surface area (Å²) in [5, 5.41) is 0. The second kappa shape index (κ2) is 10.0. The highest BCUT2D eigenvalue weighted by atomic mass is 16.5. The van der Waals surface area contributed by atoms with Crippen molar-refractivity contribution in [3.8, 4) is 5.75 Å². The lowest BCUT2D eigenvalue weighted by Crippen LogP contribution is -2.00. The number of hydrogen-bond donors (Lipinski definition) is 0. The van der Waals surface area contributed by atoms with Gasteiger partial charge in [-0.25, -0.2) is 0 Å². The van der Waals surface area contributed by atoms with Crippen LogP contribution in [0.25, 0.3) is 0 Å². The fourth-order valence-electron chi connectivity index (χ4n) is 2.78. The predicted octanol–water partition coefficient (Wildman–Crippen LogP) is 6.19. The van der Waals surface area contributed by atoms with Crippen molar-refractivity contribution in [1.29, 1.82) is 0 Å². The maximum Gasteiger partial charge on any atom is 0.119 e. The zero-order chi connectivity index (χ0) is 18.1. The molecule has 0 spiro atoms. The Morgan fingerprint density at radius 3 is 2.36 bits per heavy atom. The van der Waals surface area contributed by atoms with Crippen molar-refractivity contribution in [2.45, 2.75) is 60.0 Å². The third-order valence-electron chi connectivity index (χ3n) is 4.83. The van der Waals surface area contributed by atoms with Crippen molar-refractivity contribution in [3.05, 3.63) is 64.2 Å². The summed E-state index contributed by atoms with van der Waals surface area (Å²) < 4.78 is 5.95. The van der Waals surface area contributed by atoms with Crippen LogP contribution >= 0.6 is 0 Å². The van der Waals surface area contributed by atoms with Crippen LogP contribution in [0.15, 0.2) is 41.4 Å². The maximum atomic E-state index is 5.95. The molecule has 0 saturated carbocycles. The molecule has 0 radical (unpaired) electrons. The molecule has 0 aliphatic carbocycles. The lowest BCUT2D eigenvalue weighted by molar-refractivity contribution is 0.305. The Balaban J connectivity index is 1.84. The maximum absolute atomic E-state index is 5.95. The van der Waals surface area contributed by atoms with Crippen LogP contribution in [0.1, 0.15) is 60.4 Å². The van der Waals surface area contributed by atoms with Crippen LogP contribution in [-0.4, -0.2) is 12.8 Å². The lowest BCUT2D eigenvalue weighted by Gasteiger charge is -2.12. The minimum Gasteiger partial charge on any atom is -0.489 e. The molecule has 0 heterocycles. The largest absolute Gasteiger partial charge is 0.489 e. The van der Waals surface area contributed by atoms with E-state index >= 15 is 0 Å². The van der Waals surface area contributed by atoms with Crippen molar-refractivity contribution in [1.82, 2.24) is 0 Å². The Labute approximate surface area is 153 Å². The minimum atomic E-state index is 0.609. The molecule has 0 saturated heterocycles. The average molecular weight is 338 g/mol. The van der Waals surface area contributed by atoms with E-state index in [2.05, 4.69) is 57.0 Å². The van der Waals surface area contributed by atoms with Crippen LogP contribution in [0, 0.1) is 20.8 Å². The van der Waals surface area contributed by atoms with Crippen LogP contribution in [-0.2, 0) is 6.61 Å². The van der Waals surface area contributed by atoms with Crippen molar-refractivity contribution < 1.29 is 4.74 Å². The summed E-state index contributed by atoms with van der Waals surface area (Å²) in [6.45, 7) is 10.2. The molecule has 134 valence electrons. The first-order chi connectivity index (χ1) is 12.1. The first-order valence-corrected chi connectivity index (χ1v) is 9.40. The van der Waals surface area contributed by atoms with E-state index in [0.29, 0.717) is 6.61 Å². The molecule has 0 bridgehead atoms. The van der Waals surface area contributed by atoms with Crippen LogP contribution in [0.3, 0.4) is 0 Å². The summed E-state index contributed by atoms with van der Waals surface area (Å²) in [7, 11) is 0. The molecule has 2 aromatic carbocycles. The molecule has 2 aromatic rings. The highest BCUT2D eigenvalue weighted by molar-refractivity contribution is 5.79. The molecule has 0 atom stereocenters. The van der Waals surface area contributed by atoms with Crippen LogP contribution < -0.4 is 4.74 Å². The van der Waals surface area contributed by atoms with Gasteiger partial charge in [-0.15, -0.1) is 0 Å². The molecule has 0 aliphatic heterocycles. The molecule has 2 rings (SSSR count). The number of unbranched alkanes of at least 4 members (excludes halogenated alkanes) is 3. The second-order valence-corrected chi connectivity index (χ2v) is 6.75. The van der Waals surface area contributed by atoms with E-state index in [1.807, 2.05) is 18.3 Å². The lowest BCUT2D eigenvalue weighted by atomic mass is 9.99. The molecular weight excluding hydrogens is 306 g/mol. The average Bonchev–Trinajstić information content (AvgIpc) is 2.63. The van der Waals surface area contributed by atoms with Gasteiger partial charge in [-0.3, -0.25) is 4.99 Å². The molecule has 0 unspecified atom stereocenters. The number of nitrogens with zero attached hydrogens (tertiary/aromatic N) is 1. The molecule has 0 aromatic heterocycles. The van der Waals surface area contributed by atoms with Gasteiger partial charge < -0.3 is 4.74 Å². The Hall–Kier alpha value is -2.09. The Bertz CT molecular complexity index is 686. The third-order valence-corrected chi connectivity index (χ3v) is 4.83. The van der Waals surface area contributed by atoms with Crippen LogP contribution in [0.5, 0.6) is 5.75 Å². The molecule has 0 aliphatic rings. The molecular formula is C23H31NO. The zero-order valence-electron chi connectivity index (χ0n) is 16.1. The number of aryl methyl sites for hydroxylation is 1. The Morgan fingerprint density at radius 2 is 1.64 bits per heavy atom. The number of benzene rings is 2. The SMILES string of the molecule is CCCCCC/N=C/c1ccc(OCc2ccc(C)c(C)c2C)cc1. The van der Waals surface area contributed by atoms with Crippen molar-refractivity contribution in [2.75, 3.05) is 6.54 Å². The van der Waals surface area contributed by atoms with Gasteiger partial charge in [0, 0.05) is 12.8 Å². The first kappa shape index (κ1) is 19.2. The van der Waals surface area contributed by atoms with Gasteiger partial charge >= 0.3 is 0 Å². The molecule has 0 amide bonds. The van der Waals surface area contributed by atoms with Gasteiger partial charge in [-0.2, -0.15) is 0 Å². The Morgan fingerprint density at radius 1 is 0.880 bits per heavy atom. The van der Waals surface area contributed by atoms with E-state index in [9.17, 15) is 0 Å². The third kappa shape index (κ3) is 6.04. The quantitative estimate of drug-likeness (QED) is 0.395. The van der Waals surface area contributed by atoms with Gasteiger partial charge in [0.1, 0.15) is 12.4 Å². The highest BCUT2D eigenvalue weighted by Crippen LogP contribution is 2.19. The van der Waals surface area contributed by atoms with Gasteiger partial charge in [-0.1, -0.05) is 38.3 Å². The van der Waals surface area contributed by atoms with Gasteiger partial charge in [0.15, 0.2) is 0 Å². The zero-order valence-corrected chi connectivity index (χ0v) is 16.1. The van der Waals surface area contributed by atoms with Crippen LogP contribution in [0.2, 0.25) is 0 Å². The summed E-state index contributed by atoms with van der Waals surface area (Å²) in [5.41, 5.74) is 6.39. The highest BCUT2D eigenvalue weighted by Gasteiger charge is 2.04. The van der Waals surface area contributed by atoms with Crippen LogP contribution in [0.4, 0.5) is 0 Å². The number of ether oxygens (including phenoxy) is 1. The molecule has 2 nitrogen and oxygen atoms in total. The first-order valence-electron chi connectivity index (χ1n) is 9.40. The van der Waals surface area contributed by atoms with Gasteiger partial charge in [0.2, 0.25) is 0 Å². The summed E-state index contributed by atoms with van der Waals surface area (Å²) in [6, 6.07) is 12.5. The monoisotopic (exact) mass is 337 g/mol. The normalized spacial score (nSPS) is 11.2. The number of hydrogen-bond acceptors (Lipinski definition) is 2. The number of rotatable bonds is 9. The summed E-state index contributed by atoms with van der Waals surface area (Å²) in [4.78, 5) is 4.50. The van der Waals surface area contributed by atoms with Gasteiger partial charge in [0.05, 0.1) is 0 Å². The number of aliphatic imine (C=N–C) groups is 1. The molecule has 25 heavy (non-hydrogen) atoms. The topological polar surface area (TPSA) is 21.6 Å². The van der Waals surface area contributed by atoms with Gasteiger partial charge in [-0.05, 0) is 79.3 Å². The fraction of sp³-hybridized carbons (Fsp3) is 0.435. The summed E-state index contributed by atoms with van der Waals surface area (Å²) in [5.74, 6) is 0.901. The van der Waals surface area contributed by atoms with E-state index in [1.165, 1.54) is 47.9 Å². The second-order valence-electron chi connectivity index (χ2n) is 6.75. The van der Waals surface area contributed by atoms with Gasteiger partial charge in [0.25, 0.3) is 0 Å². The van der Waals surface area contributed by atoms with E-state index in [1.54, 1.807) is 0 Å². The van der Waals surface area contributed by atoms with Crippen molar-refractivity contribution in [3.63, 3.8) is 0 Å². The predicted molar refractivity (Wildman–Crippen MR) is 108 cm³/mol. The summed E-state index contributed by atoms with van der Waals surface area (Å²) in [6.07, 6.45) is 7.00.